The van der Waals surface area contributed by atoms with Crippen molar-refractivity contribution in [3.8, 4) is 0 Å². The minimum atomic E-state index is -2.55. The van der Waals surface area contributed by atoms with E-state index < -0.39 is 8.07 Å². The van der Waals surface area contributed by atoms with E-state index in [0.29, 0.717) is 0 Å². The largest absolute Gasteiger partial charge is 0.162 e. The minimum Gasteiger partial charge on any atom is -0.0730 e. The molecule has 3 aromatic carbocycles. The van der Waals surface area contributed by atoms with E-state index in [0.717, 1.165) is 0 Å². The zero-order valence-electron chi connectivity index (χ0n) is 20.9. The molecule has 0 spiro atoms. The predicted molar refractivity (Wildman–Crippen MR) is 143 cm³/mol. The van der Waals surface area contributed by atoms with Crippen LogP contribution in [0, 0.1) is 27.7 Å². The average molecular weight is 437 g/mol. The van der Waals surface area contributed by atoms with Gasteiger partial charge in [-0.1, -0.05) is 90.9 Å². The second-order valence-electron chi connectivity index (χ2n) is 9.89. The van der Waals surface area contributed by atoms with Gasteiger partial charge in [-0.25, -0.2) is 0 Å². The summed E-state index contributed by atoms with van der Waals surface area (Å²) in [6.45, 7) is 18.7. The summed E-state index contributed by atoms with van der Waals surface area (Å²) in [5.41, 5.74) is 10.0. The number of allylic oxidation sites excluding steroid dienone is 4. The van der Waals surface area contributed by atoms with E-state index in [2.05, 4.69) is 128 Å². The van der Waals surface area contributed by atoms with Gasteiger partial charge in [0.1, 0.15) is 0 Å². The van der Waals surface area contributed by atoms with Gasteiger partial charge >= 0.3 is 0 Å². The number of hydrogen-bond donors (Lipinski definition) is 0. The third-order valence-electron chi connectivity index (χ3n) is 8.44. The molecule has 0 saturated carbocycles. The van der Waals surface area contributed by atoms with Crippen LogP contribution in [0.25, 0.3) is 0 Å². The molecule has 0 heterocycles. The summed E-state index contributed by atoms with van der Waals surface area (Å²) >= 11 is 0. The summed E-state index contributed by atoms with van der Waals surface area (Å²) in [5, 5.41) is 4.51. The second kappa shape index (κ2) is 8.05. The summed E-state index contributed by atoms with van der Waals surface area (Å²) in [6, 6.07) is 25.3. The Hall–Kier alpha value is -2.64. The van der Waals surface area contributed by atoms with Crippen LogP contribution >= 0.6 is 0 Å². The molecule has 0 aromatic heterocycles. The monoisotopic (exact) mass is 436 g/mol. The molecule has 0 radical (unpaired) electrons. The normalized spacial score (nSPS) is 18.8. The van der Waals surface area contributed by atoms with Crippen LogP contribution in [0.3, 0.4) is 0 Å². The SMILES string of the molecule is CC1=CC(C)([Si](c2ccccc2)(c2cccc(C)c2C)c2cccc(C)c2C)C(C)=C1C. The quantitative estimate of drug-likeness (QED) is 0.326. The molecule has 0 aliphatic heterocycles. The Morgan fingerprint density at radius 3 is 1.53 bits per heavy atom. The molecular weight excluding hydrogens is 400 g/mol. The van der Waals surface area contributed by atoms with Crippen molar-refractivity contribution in [3.63, 3.8) is 0 Å². The van der Waals surface area contributed by atoms with E-state index >= 15 is 0 Å². The molecule has 3 aromatic rings. The van der Waals surface area contributed by atoms with Crippen LogP contribution in [-0.2, 0) is 0 Å². The van der Waals surface area contributed by atoms with Crippen LogP contribution in [-0.4, -0.2) is 8.07 Å². The van der Waals surface area contributed by atoms with E-state index in [4.69, 9.17) is 0 Å². The van der Waals surface area contributed by atoms with Crippen molar-refractivity contribution >= 4 is 23.6 Å². The lowest BCUT2D eigenvalue weighted by Crippen LogP contribution is -2.74. The van der Waals surface area contributed by atoms with Gasteiger partial charge in [0.25, 0.3) is 0 Å². The highest BCUT2D eigenvalue weighted by atomic mass is 28.3. The number of hydrogen-bond acceptors (Lipinski definition) is 0. The molecule has 0 fully saturated rings. The zero-order valence-corrected chi connectivity index (χ0v) is 21.9. The lowest BCUT2D eigenvalue weighted by Gasteiger charge is -2.48. The van der Waals surface area contributed by atoms with Crippen molar-refractivity contribution in [3.05, 3.63) is 112 Å². The van der Waals surface area contributed by atoms with Gasteiger partial charge in [-0.3, -0.25) is 0 Å². The summed E-state index contributed by atoms with van der Waals surface area (Å²) in [6.07, 6.45) is 2.60. The molecule has 1 unspecified atom stereocenters. The molecule has 0 N–H and O–H groups in total. The Labute approximate surface area is 195 Å². The lowest BCUT2D eigenvalue weighted by molar-refractivity contribution is 0.869. The maximum absolute atomic E-state index is 2.60. The van der Waals surface area contributed by atoms with Gasteiger partial charge in [0.15, 0.2) is 8.07 Å². The molecule has 0 bridgehead atoms. The van der Waals surface area contributed by atoms with Crippen LogP contribution in [0.15, 0.2) is 89.5 Å². The van der Waals surface area contributed by atoms with Gasteiger partial charge in [0.05, 0.1) is 0 Å². The van der Waals surface area contributed by atoms with Crippen molar-refractivity contribution in [1.29, 1.82) is 0 Å². The minimum absolute atomic E-state index is 0.0559. The number of benzene rings is 3. The topological polar surface area (TPSA) is 0 Å². The van der Waals surface area contributed by atoms with Gasteiger partial charge in [-0.05, 0) is 91.9 Å². The Balaban J connectivity index is 2.30. The van der Waals surface area contributed by atoms with Crippen molar-refractivity contribution in [2.75, 3.05) is 0 Å². The highest BCUT2D eigenvalue weighted by Crippen LogP contribution is 2.53. The van der Waals surface area contributed by atoms with Crippen LogP contribution in [0.2, 0.25) is 5.04 Å². The predicted octanol–water partition coefficient (Wildman–Crippen LogP) is 6.45. The Morgan fingerprint density at radius 2 is 1.09 bits per heavy atom. The first-order valence-electron chi connectivity index (χ1n) is 11.7. The smallest absolute Gasteiger partial charge is 0.0730 e. The van der Waals surface area contributed by atoms with E-state index in [9.17, 15) is 0 Å². The summed E-state index contributed by atoms with van der Waals surface area (Å²) in [7, 11) is -2.55. The van der Waals surface area contributed by atoms with Crippen LogP contribution in [0.5, 0.6) is 0 Å². The zero-order chi connectivity index (χ0) is 23.3. The summed E-state index contributed by atoms with van der Waals surface area (Å²) in [4.78, 5) is 0. The van der Waals surface area contributed by atoms with Gasteiger partial charge in [0, 0.05) is 5.04 Å². The first kappa shape index (κ1) is 22.5. The molecule has 0 amide bonds. The van der Waals surface area contributed by atoms with Crippen molar-refractivity contribution in [1.82, 2.24) is 0 Å². The van der Waals surface area contributed by atoms with Crippen molar-refractivity contribution in [2.45, 2.75) is 60.4 Å². The first-order valence-corrected chi connectivity index (χ1v) is 13.7. The second-order valence-corrected chi connectivity index (χ2v) is 14.1. The fraction of sp³-hybridized carbons (Fsp3) is 0.290. The molecule has 164 valence electrons. The van der Waals surface area contributed by atoms with E-state index in [-0.39, 0.29) is 5.04 Å². The lowest BCUT2D eigenvalue weighted by atomic mass is 10.0. The van der Waals surface area contributed by atoms with E-state index in [1.165, 1.54) is 54.5 Å². The summed E-state index contributed by atoms with van der Waals surface area (Å²) in [5.74, 6) is 0. The molecule has 1 aliphatic carbocycles. The van der Waals surface area contributed by atoms with Crippen LogP contribution in [0.1, 0.15) is 49.9 Å². The van der Waals surface area contributed by atoms with Gasteiger partial charge in [0.2, 0.25) is 0 Å². The molecule has 1 aliphatic rings. The molecular formula is C31H36Si. The molecule has 32 heavy (non-hydrogen) atoms. The Morgan fingerprint density at radius 1 is 0.594 bits per heavy atom. The number of aryl methyl sites for hydroxylation is 2. The average Bonchev–Trinajstić information content (AvgIpc) is 2.98. The van der Waals surface area contributed by atoms with Crippen molar-refractivity contribution in [2.24, 2.45) is 0 Å². The van der Waals surface area contributed by atoms with Gasteiger partial charge in [-0.2, -0.15) is 0 Å². The maximum Gasteiger partial charge on any atom is 0.162 e. The Bertz CT molecular complexity index is 1190. The molecule has 0 saturated heterocycles. The maximum atomic E-state index is 2.60. The molecule has 1 atom stereocenters. The van der Waals surface area contributed by atoms with Gasteiger partial charge < -0.3 is 0 Å². The van der Waals surface area contributed by atoms with Crippen LogP contribution in [0.4, 0.5) is 0 Å². The van der Waals surface area contributed by atoms with Crippen molar-refractivity contribution < 1.29 is 0 Å². The van der Waals surface area contributed by atoms with Gasteiger partial charge in [-0.15, -0.1) is 0 Å². The number of rotatable bonds is 4. The fourth-order valence-electron chi connectivity index (χ4n) is 6.04. The first-order chi connectivity index (χ1) is 15.2. The standard InChI is InChI=1S/C31H36Si/c1-21-14-12-18-29(25(21)5)32(28-16-10-9-11-17-28,30-19-13-15-22(2)26(30)6)31(8)20-23(3)24(4)27(31)7/h9-20H,1-8H3. The third kappa shape index (κ3) is 3.02. The van der Waals surface area contributed by atoms with E-state index in [1.54, 1.807) is 0 Å². The summed E-state index contributed by atoms with van der Waals surface area (Å²) < 4.78 is 0. The Kier molecular flexibility index (Phi) is 5.67. The third-order valence-corrected chi connectivity index (χ3v) is 14.4. The fourth-order valence-corrected chi connectivity index (χ4v) is 12.8. The van der Waals surface area contributed by atoms with E-state index in [1.807, 2.05) is 0 Å². The molecule has 4 rings (SSSR count). The highest BCUT2D eigenvalue weighted by molar-refractivity contribution is 7.14. The molecule has 1 heteroatoms. The highest BCUT2D eigenvalue weighted by Gasteiger charge is 2.57. The van der Waals surface area contributed by atoms with Crippen LogP contribution < -0.4 is 15.6 Å². The molecule has 0 nitrogen and oxygen atoms in total.